The molecule has 0 amide bonds. The topological polar surface area (TPSA) is 52.4 Å². The summed E-state index contributed by atoms with van der Waals surface area (Å²) in [7, 11) is 0. The van der Waals surface area contributed by atoms with Crippen LogP contribution in [-0.4, -0.2) is 4.92 Å². The highest BCUT2D eigenvalue weighted by atomic mass is 79.9. The number of hydrogen-bond acceptors (Lipinski definition) is 3. The largest absolute Gasteiger partial charge is 0.455 e. The lowest BCUT2D eigenvalue weighted by Gasteiger charge is -2.08. The summed E-state index contributed by atoms with van der Waals surface area (Å²) >= 11 is 9.16. The molecule has 7 heteroatoms. The van der Waals surface area contributed by atoms with E-state index in [-0.39, 0.29) is 17.2 Å². The van der Waals surface area contributed by atoms with Crippen LogP contribution in [0, 0.1) is 15.9 Å². The Hall–Kier alpha value is -1.66. The quantitative estimate of drug-likeness (QED) is 0.584. The molecule has 0 N–H and O–H groups in total. The fourth-order valence-electron chi connectivity index (χ4n) is 1.39. The summed E-state index contributed by atoms with van der Waals surface area (Å²) in [5, 5.41) is 10.9. The zero-order valence-electron chi connectivity index (χ0n) is 9.27. The second-order valence-electron chi connectivity index (χ2n) is 3.58. The van der Waals surface area contributed by atoms with Crippen LogP contribution in [0.4, 0.5) is 10.1 Å². The fraction of sp³-hybridized carbons (Fsp3) is 0. The molecule has 0 saturated heterocycles. The monoisotopic (exact) mass is 345 g/mol. The minimum Gasteiger partial charge on any atom is -0.455 e. The lowest BCUT2D eigenvalue weighted by atomic mass is 10.3. The molecule has 0 atom stereocenters. The van der Waals surface area contributed by atoms with Crippen molar-refractivity contribution in [1.29, 1.82) is 0 Å². The summed E-state index contributed by atoms with van der Waals surface area (Å²) in [6.07, 6.45) is 0. The minimum absolute atomic E-state index is 0.00620. The van der Waals surface area contributed by atoms with Crippen molar-refractivity contribution in [2.75, 3.05) is 0 Å². The van der Waals surface area contributed by atoms with E-state index in [0.29, 0.717) is 5.02 Å². The first-order chi connectivity index (χ1) is 8.95. The fourth-order valence-corrected chi connectivity index (χ4v) is 1.89. The predicted molar refractivity (Wildman–Crippen MR) is 72.3 cm³/mol. The molecular weight excluding hydrogens is 340 g/mol. The van der Waals surface area contributed by atoms with E-state index in [1.807, 2.05) is 0 Å². The van der Waals surface area contributed by atoms with Crippen LogP contribution in [0.15, 0.2) is 40.9 Å². The van der Waals surface area contributed by atoms with Crippen LogP contribution in [-0.2, 0) is 0 Å². The third-order valence-electron chi connectivity index (χ3n) is 2.19. The van der Waals surface area contributed by atoms with E-state index in [1.54, 1.807) is 18.2 Å². The molecule has 0 aromatic heterocycles. The molecule has 0 fully saturated rings. The van der Waals surface area contributed by atoms with Gasteiger partial charge in [0, 0.05) is 10.5 Å². The number of rotatable bonds is 3. The molecule has 2 aromatic carbocycles. The Balaban J connectivity index is 2.38. The van der Waals surface area contributed by atoms with E-state index in [0.717, 1.165) is 22.7 Å². The van der Waals surface area contributed by atoms with Crippen molar-refractivity contribution in [1.82, 2.24) is 0 Å². The van der Waals surface area contributed by atoms with Crippen molar-refractivity contribution < 1.29 is 14.1 Å². The van der Waals surface area contributed by atoms with Crippen LogP contribution in [0.2, 0.25) is 5.02 Å². The Kier molecular flexibility index (Phi) is 4.01. The Morgan fingerprint density at radius 1 is 1.26 bits per heavy atom. The molecule has 98 valence electrons. The van der Waals surface area contributed by atoms with Crippen LogP contribution < -0.4 is 4.74 Å². The highest BCUT2D eigenvalue weighted by Gasteiger charge is 2.12. The molecule has 2 aromatic rings. The molecule has 0 heterocycles. The summed E-state index contributed by atoms with van der Waals surface area (Å²) in [4.78, 5) is 9.93. The number of benzene rings is 2. The maximum absolute atomic E-state index is 13.2. The van der Waals surface area contributed by atoms with Gasteiger partial charge in [-0.25, -0.2) is 4.39 Å². The van der Waals surface area contributed by atoms with Crippen molar-refractivity contribution >= 4 is 33.2 Å². The molecule has 19 heavy (non-hydrogen) atoms. The average Bonchev–Trinajstić information content (AvgIpc) is 2.33. The standard InChI is InChI=1S/C12H6BrClFNO3/c13-7-1-2-11(14)12(3-7)19-10-5-8(15)4-9(6-10)16(17)18/h1-6H. The van der Waals surface area contributed by atoms with Gasteiger partial charge >= 0.3 is 0 Å². The van der Waals surface area contributed by atoms with Crippen molar-refractivity contribution in [2.24, 2.45) is 0 Å². The molecule has 0 aliphatic rings. The SMILES string of the molecule is O=[N+]([O-])c1cc(F)cc(Oc2cc(Br)ccc2Cl)c1. The predicted octanol–water partition coefficient (Wildman–Crippen LogP) is 4.94. The van der Waals surface area contributed by atoms with Gasteiger partial charge in [0.25, 0.3) is 5.69 Å². The third-order valence-corrected chi connectivity index (χ3v) is 2.99. The number of nitrogens with zero attached hydrogens (tertiary/aromatic N) is 1. The number of hydrogen-bond donors (Lipinski definition) is 0. The number of nitro benzene ring substituents is 1. The molecule has 4 nitrogen and oxygen atoms in total. The Morgan fingerprint density at radius 3 is 2.68 bits per heavy atom. The van der Waals surface area contributed by atoms with Crippen LogP contribution in [0.3, 0.4) is 0 Å². The minimum atomic E-state index is -0.754. The molecule has 0 radical (unpaired) electrons. The Morgan fingerprint density at radius 2 is 2.00 bits per heavy atom. The van der Waals surface area contributed by atoms with E-state index in [9.17, 15) is 14.5 Å². The van der Waals surface area contributed by atoms with Gasteiger partial charge in [0.1, 0.15) is 17.3 Å². The maximum atomic E-state index is 13.2. The lowest BCUT2D eigenvalue weighted by Crippen LogP contribution is -1.92. The molecule has 0 aliphatic carbocycles. The highest BCUT2D eigenvalue weighted by Crippen LogP contribution is 2.33. The summed E-state index contributed by atoms with van der Waals surface area (Å²) < 4.78 is 19.3. The molecule has 0 aliphatic heterocycles. The van der Waals surface area contributed by atoms with Gasteiger partial charge in [-0.05, 0) is 18.2 Å². The van der Waals surface area contributed by atoms with Crippen LogP contribution in [0.25, 0.3) is 0 Å². The highest BCUT2D eigenvalue weighted by molar-refractivity contribution is 9.10. The van der Waals surface area contributed by atoms with Gasteiger partial charge in [0.05, 0.1) is 22.1 Å². The maximum Gasteiger partial charge on any atom is 0.276 e. The van der Waals surface area contributed by atoms with Crippen LogP contribution in [0.5, 0.6) is 11.5 Å². The second-order valence-corrected chi connectivity index (χ2v) is 4.90. The molecule has 0 bridgehead atoms. The van der Waals surface area contributed by atoms with E-state index >= 15 is 0 Å². The zero-order valence-corrected chi connectivity index (χ0v) is 11.6. The summed E-state index contributed by atoms with van der Waals surface area (Å²) in [5.41, 5.74) is -0.388. The van der Waals surface area contributed by atoms with Crippen molar-refractivity contribution in [3.8, 4) is 11.5 Å². The van der Waals surface area contributed by atoms with Gasteiger partial charge in [-0.2, -0.15) is 0 Å². The average molecular weight is 347 g/mol. The van der Waals surface area contributed by atoms with E-state index in [4.69, 9.17) is 16.3 Å². The lowest BCUT2D eigenvalue weighted by molar-refractivity contribution is -0.385. The van der Waals surface area contributed by atoms with E-state index in [2.05, 4.69) is 15.9 Å². The van der Waals surface area contributed by atoms with Crippen molar-refractivity contribution in [3.63, 3.8) is 0 Å². The molecule has 2 rings (SSSR count). The zero-order chi connectivity index (χ0) is 14.0. The number of ether oxygens (including phenoxy) is 1. The van der Waals surface area contributed by atoms with E-state index in [1.165, 1.54) is 0 Å². The van der Waals surface area contributed by atoms with Gasteiger partial charge in [-0.15, -0.1) is 0 Å². The Bertz CT molecular complexity index is 651. The Labute approximate surface area is 121 Å². The molecule has 0 unspecified atom stereocenters. The number of nitro groups is 1. The first kappa shape index (κ1) is 13.8. The molecule has 0 saturated carbocycles. The first-order valence-electron chi connectivity index (χ1n) is 5.03. The third kappa shape index (κ3) is 3.42. The van der Waals surface area contributed by atoms with Crippen molar-refractivity contribution in [2.45, 2.75) is 0 Å². The summed E-state index contributed by atoms with van der Waals surface area (Å²) in [6.45, 7) is 0. The smallest absolute Gasteiger partial charge is 0.276 e. The first-order valence-corrected chi connectivity index (χ1v) is 6.20. The van der Waals surface area contributed by atoms with Gasteiger partial charge < -0.3 is 4.74 Å². The van der Waals surface area contributed by atoms with Crippen LogP contribution >= 0.6 is 27.5 Å². The van der Waals surface area contributed by atoms with Gasteiger partial charge in [-0.1, -0.05) is 27.5 Å². The number of non-ortho nitro benzene ring substituents is 1. The van der Waals surface area contributed by atoms with Crippen molar-refractivity contribution in [3.05, 3.63) is 61.8 Å². The van der Waals surface area contributed by atoms with Gasteiger partial charge in [0.15, 0.2) is 0 Å². The number of halogens is 3. The van der Waals surface area contributed by atoms with Crippen LogP contribution in [0.1, 0.15) is 0 Å². The molecule has 0 spiro atoms. The van der Waals surface area contributed by atoms with E-state index < -0.39 is 10.7 Å². The summed E-state index contributed by atoms with van der Waals surface area (Å²) in [6, 6.07) is 7.87. The summed E-state index contributed by atoms with van der Waals surface area (Å²) in [5.74, 6) is -0.474. The molecular formula is C12H6BrClFNO3. The van der Waals surface area contributed by atoms with Gasteiger partial charge in [0.2, 0.25) is 0 Å². The van der Waals surface area contributed by atoms with Gasteiger partial charge in [-0.3, -0.25) is 10.1 Å². The normalized spacial score (nSPS) is 10.3. The second kappa shape index (κ2) is 5.54.